The van der Waals surface area contributed by atoms with E-state index < -0.39 is 23.7 Å². The van der Waals surface area contributed by atoms with Gasteiger partial charge in [0, 0.05) is 12.0 Å². The Kier molecular flexibility index (Phi) is 4.93. The fourth-order valence-corrected chi connectivity index (χ4v) is 0.920. The number of nitrogens with one attached hydrogen (secondary N) is 1. The third-order valence-corrected chi connectivity index (χ3v) is 1.97. The Morgan fingerprint density at radius 1 is 1.19 bits per heavy atom. The lowest BCUT2D eigenvalue weighted by Crippen LogP contribution is -2.42. The Morgan fingerprint density at radius 3 is 2.06 bits per heavy atom. The number of hydrogen-bond acceptors (Lipinski definition) is 4. The maximum atomic E-state index is 11.3. The van der Waals surface area contributed by atoms with E-state index >= 15 is 0 Å². The number of rotatable bonds is 4. The molecule has 0 aliphatic heterocycles. The monoisotopic (exact) mass is 231 g/mol. The number of aliphatic hydroxyl groups is 1. The van der Waals surface area contributed by atoms with E-state index in [9.17, 15) is 9.59 Å². The highest BCUT2D eigenvalue weighted by atomic mass is 16.6. The predicted molar refractivity (Wildman–Crippen MR) is 60.1 cm³/mol. The summed E-state index contributed by atoms with van der Waals surface area (Å²) in [5.41, 5.74) is -1.35. The fourth-order valence-electron chi connectivity index (χ4n) is 0.920. The molecule has 2 N–H and O–H groups in total. The first-order chi connectivity index (χ1) is 7.08. The lowest BCUT2D eigenvalue weighted by Gasteiger charge is -2.24. The molecule has 0 heterocycles. The van der Waals surface area contributed by atoms with Gasteiger partial charge in [-0.05, 0) is 20.8 Å². The van der Waals surface area contributed by atoms with Crippen molar-refractivity contribution >= 4 is 11.9 Å². The maximum absolute atomic E-state index is 11.3. The van der Waals surface area contributed by atoms with Gasteiger partial charge >= 0.3 is 6.09 Å². The van der Waals surface area contributed by atoms with E-state index in [1.807, 2.05) is 0 Å². The minimum absolute atomic E-state index is 0.140. The molecule has 1 amide bonds. The summed E-state index contributed by atoms with van der Waals surface area (Å²) in [5.74, 6) is -0.316. The van der Waals surface area contributed by atoms with Crippen LogP contribution < -0.4 is 5.32 Å². The maximum Gasteiger partial charge on any atom is 0.407 e. The second-order valence-corrected chi connectivity index (χ2v) is 5.32. The topological polar surface area (TPSA) is 75.6 Å². The van der Waals surface area contributed by atoms with E-state index in [0.717, 1.165) is 0 Å². The van der Waals surface area contributed by atoms with Crippen LogP contribution in [-0.2, 0) is 9.53 Å². The molecule has 5 heteroatoms. The fraction of sp³-hybridized carbons (Fsp3) is 0.818. The summed E-state index contributed by atoms with van der Waals surface area (Å²) in [6.45, 7) is 8.21. The molecular weight excluding hydrogens is 210 g/mol. The molecule has 0 rings (SSSR count). The van der Waals surface area contributed by atoms with Gasteiger partial charge in [-0.1, -0.05) is 13.8 Å². The lowest BCUT2D eigenvalue weighted by molar-refractivity contribution is -0.129. The van der Waals surface area contributed by atoms with Gasteiger partial charge in [-0.25, -0.2) is 4.79 Å². The van der Waals surface area contributed by atoms with Gasteiger partial charge in [0.1, 0.15) is 12.2 Å². The molecule has 0 aliphatic carbocycles. The van der Waals surface area contributed by atoms with Crippen LogP contribution in [0.2, 0.25) is 0 Å². The highest BCUT2D eigenvalue weighted by Gasteiger charge is 2.28. The average Bonchev–Trinajstić information content (AvgIpc) is 2.11. The van der Waals surface area contributed by atoms with Gasteiger partial charge in [-0.3, -0.25) is 4.79 Å². The zero-order chi connectivity index (χ0) is 13.0. The predicted octanol–water partition coefficient (Wildman–Crippen LogP) is 1.10. The van der Waals surface area contributed by atoms with Crippen LogP contribution in [0, 0.1) is 5.41 Å². The van der Waals surface area contributed by atoms with Crippen LogP contribution >= 0.6 is 0 Å². The van der Waals surface area contributed by atoms with Gasteiger partial charge in [0.2, 0.25) is 0 Å². The van der Waals surface area contributed by atoms with Crippen LogP contribution in [0.3, 0.4) is 0 Å². The number of hydrogen-bond donors (Lipinski definition) is 2. The number of ether oxygens (including phenoxy) is 1. The van der Waals surface area contributed by atoms with Crippen LogP contribution in [0.1, 0.15) is 34.6 Å². The average molecular weight is 231 g/mol. The summed E-state index contributed by atoms with van der Waals surface area (Å²) in [7, 11) is 0. The Bertz CT molecular complexity index is 266. The number of aliphatic hydroxyl groups excluding tert-OH is 1. The summed E-state index contributed by atoms with van der Waals surface area (Å²) in [6, 6.07) is 0. The number of alkyl carbamates (subject to hydrolysis) is 1. The van der Waals surface area contributed by atoms with Crippen molar-refractivity contribution in [3.63, 3.8) is 0 Å². The number of carbonyl (C=O) groups excluding carboxylic acids is 2. The zero-order valence-corrected chi connectivity index (χ0v) is 10.6. The van der Waals surface area contributed by atoms with Crippen LogP contribution in [0.4, 0.5) is 4.79 Å². The third-order valence-electron chi connectivity index (χ3n) is 1.97. The summed E-state index contributed by atoms with van der Waals surface area (Å²) < 4.78 is 5.02. The first kappa shape index (κ1) is 14.9. The molecule has 0 spiro atoms. The largest absolute Gasteiger partial charge is 0.444 e. The summed E-state index contributed by atoms with van der Waals surface area (Å²) >= 11 is 0. The summed E-state index contributed by atoms with van der Waals surface area (Å²) in [6.07, 6.45) is -0.564. The van der Waals surface area contributed by atoms with E-state index in [2.05, 4.69) is 5.32 Å². The van der Waals surface area contributed by atoms with Gasteiger partial charge in [0.25, 0.3) is 0 Å². The highest BCUT2D eigenvalue weighted by molar-refractivity contribution is 5.85. The molecule has 0 fully saturated rings. The molecule has 0 saturated heterocycles. The van der Waals surface area contributed by atoms with E-state index in [1.54, 1.807) is 34.6 Å². The Morgan fingerprint density at radius 2 is 1.69 bits per heavy atom. The molecule has 0 aromatic carbocycles. The number of carbonyl (C=O) groups is 2. The molecule has 16 heavy (non-hydrogen) atoms. The van der Waals surface area contributed by atoms with Crippen LogP contribution in [0.5, 0.6) is 0 Å². The van der Waals surface area contributed by atoms with Crippen molar-refractivity contribution in [2.45, 2.75) is 40.2 Å². The standard InChI is InChI=1S/C11H21NO4/c1-10(2,3)16-9(15)12-7-11(4,5)8(14)6-13/h13H,6-7H2,1-5H3,(H,12,15). The minimum Gasteiger partial charge on any atom is -0.444 e. The van der Waals surface area contributed by atoms with Gasteiger partial charge in [0.05, 0.1) is 0 Å². The second-order valence-electron chi connectivity index (χ2n) is 5.32. The quantitative estimate of drug-likeness (QED) is 0.759. The second kappa shape index (κ2) is 5.30. The molecule has 0 unspecified atom stereocenters. The molecule has 0 aromatic heterocycles. The summed E-state index contributed by atoms with van der Waals surface area (Å²) in [5, 5.41) is 11.2. The zero-order valence-electron chi connectivity index (χ0n) is 10.6. The van der Waals surface area contributed by atoms with Crippen molar-refractivity contribution in [2.24, 2.45) is 5.41 Å². The molecule has 0 atom stereocenters. The van der Waals surface area contributed by atoms with Crippen molar-refractivity contribution in [1.29, 1.82) is 0 Å². The van der Waals surface area contributed by atoms with E-state index in [1.165, 1.54) is 0 Å². The normalized spacial score (nSPS) is 12.1. The van der Waals surface area contributed by atoms with Crippen molar-refractivity contribution in [3.8, 4) is 0 Å². The molecule has 0 saturated carbocycles. The number of amides is 1. The van der Waals surface area contributed by atoms with Crippen molar-refractivity contribution in [1.82, 2.24) is 5.32 Å². The molecule has 0 aromatic rings. The van der Waals surface area contributed by atoms with Crippen molar-refractivity contribution in [2.75, 3.05) is 13.2 Å². The molecule has 0 aliphatic rings. The van der Waals surface area contributed by atoms with E-state index in [0.29, 0.717) is 0 Å². The van der Waals surface area contributed by atoms with Gasteiger partial charge in [-0.15, -0.1) is 0 Å². The van der Waals surface area contributed by atoms with Crippen LogP contribution in [-0.4, -0.2) is 35.7 Å². The molecule has 5 nitrogen and oxygen atoms in total. The number of ketones is 1. The van der Waals surface area contributed by atoms with Crippen molar-refractivity contribution in [3.05, 3.63) is 0 Å². The number of Topliss-reactive ketones (excluding diaryl/α,β-unsaturated/α-hetero) is 1. The van der Waals surface area contributed by atoms with Gasteiger partial charge in [-0.2, -0.15) is 0 Å². The smallest absolute Gasteiger partial charge is 0.407 e. The van der Waals surface area contributed by atoms with E-state index in [4.69, 9.17) is 9.84 Å². The van der Waals surface area contributed by atoms with Crippen LogP contribution in [0.25, 0.3) is 0 Å². The third kappa shape index (κ3) is 5.70. The Balaban J connectivity index is 4.15. The first-order valence-electron chi connectivity index (χ1n) is 5.19. The molecular formula is C11H21NO4. The molecule has 0 radical (unpaired) electrons. The Hall–Kier alpha value is -1.10. The highest BCUT2D eigenvalue weighted by Crippen LogP contribution is 2.15. The molecule has 0 bridgehead atoms. The molecule has 94 valence electrons. The minimum atomic E-state index is -0.786. The van der Waals surface area contributed by atoms with Crippen molar-refractivity contribution < 1.29 is 19.4 Å². The first-order valence-corrected chi connectivity index (χ1v) is 5.19. The van der Waals surface area contributed by atoms with Crippen LogP contribution in [0.15, 0.2) is 0 Å². The van der Waals surface area contributed by atoms with Gasteiger partial charge in [0.15, 0.2) is 5.78 Å². The lowest BCUT2D eigenvalue weighted by atomic mass is 9.88. The summed E-state index contributed by atoms with van der Waals surface area (Å²) in [4.78, 5) is 22.6. The Labute approximate surface area is 96.2 Å². The SMILES string of the molecule is CC(C)(C)OC(=O)NCC(C)(C)C(=O)CO. The van der Waals surface area contributed by atoms with E-state index in [-0.39, 0.29) is 12.3 Å². The van der Waals surface area contributed by atoms with Gasteiger partial charge < -0.3 is 15.2 Å².